The standard InChI is InChI=1S/C20H15F3N6OS/c1-19(2)17(30)28(13-5-4-11(8-24)15(7-13)20(21,22)23)18(31)29(19)14-6-12-9-26-27(3)16(12)25-10-14/h4-7,9-10H,1-3H3. The number of rotatable bonds is 2. The summed E-state index contributed by atoms with van der Waals surface area (Å²) in [6, 6.07) is 6.37. The summed E-state index contributed by atoms with van der Waals surface area (Å²) in [7, 11) is 1.74. The number of alkyl halides is 3. The summed E-state index contributed by atoms with van der Waals surface area (Å²) >= 11 is 5.51. The Morgan fingerprint density at radius 2 is 1.87 bits per heavy atom. The first-order chi connectivity index (χ1) is 14.5. The van der Waals surface area contributed by atoms with Crippen LogP contribution in [-0.4, -0.2) is 31.3 Å². The van der Waals surface area contributed by atoms with E-state index in [0.717, 1.165) is 22.4 Å². The van der Waals surface area contributed by atoms with Crippen LogP contribution in [0.15, 0.2) is 36.7 Å². The summed E-state index contributed by atoms with van der Waals surface area (Å²) < 4.78 is 41.9. The lowest BCUT2D eigenvalue weighted by molar-refractivity contribution is -0.137. The van der Waals surface area contributed by atoms with E-state index in [1.807, 2.05) is 0 Å². The van der Waals surface area contributed by atoms with E-state index in [1.165, 1.54) is 18.3 Å². The Morgan fingerprint density at radius 1 is 1.16 bits per heavy atom. The van der Waals surface area contributed by atoms with Gasteiger partial charge in [-0.3, -0.25) is 14.4 Å². The lowest BCUT2D eigenvalue weighted by Gasteiger charge is -2.29. The van der Waals surface area contributed by atoms with Gasteiger partial charge in [-0.1, -0.05) is 0 Å². The summed E-state index contributed by atoms with van der Waals surface area (Å²) in [6.45, 7) is 3.26. The van der Waals surface area contributed by atoms with E-state index in [-0.39, 0.29) is 10.8 Å². The number of benzene rings is 1. The Bertz CT molecular complexity index is 1290. The predicted octanol–water partition coefficient (Wildman–Crippen LogP) is 3.78. The molecule has 1 amide bonds. The van der Waals surface area contributed by atoms with Gasteiger partial charge in [0.15, 0.2) is 10.8 Å². The topological polar surface area (TPSA) is 78.0 Å². The zero-order valence-electron chi connectivity index (χ0n) is 16.6. The molecule has 0 N–H and O–H groups in total. The molecule has 11 heteroatoms. The van der Waals surface area contributed by atoms with Crippen LogP contribution in [-0.2, 0) is 18.0 Å². The third-order valence-corrected chi connectivity index (χ3v) is 5.54. The number of hydrogen-bond donors (Lipinski definition) is 0. The highest BCUT2D eigenvalue weighted by molar-refractivity contribution is 7.81. The fourth-order valence-corrected chi connectivity index (χ4v) is 4.14. The van der Waals surface area contributed by atoms with Gasteiger partial charge in [0, 0.05) is 12.4 Å². The highest BCUT2D eigenvalue weighted by Crippen LogP contribution is 2.39. The smallest absolute Gasteiger partial charge is 0.302 e. The highest BCUT2D eigenvalue weighted by Gasteiger charge is 2.51. The lowest BCUT2D eigenvalue weighted by atomic mass is 10.0. The molecule has 0 bridgehead atoms. The molecule has 4 rings (SSSR count). The number of nitrogens with zero attached hydrogens (tertiary/aromatic N) is 6. The van der Waals surface area contributed by atoms with E-state index in [1.54, 1.807) is 42.7 Å². The molecule has 0 spiro atoms. The first-order valence-electron chi connectivity index (χ1n) is 9.04. The Kier molecular flexibility index (Phi) is 4.51. The molecule has 0 saturated carbocycles. The van der Waals surface area contributed by atoms with Crippen molar-refractivity contribution in [2.45, 2.75) is 25.6 Å². The number of carbonyl (C=O) groups is 1. The molecule has 7 nitrogen and oxygen atoms in total. The third kappa shape index (κ3) is 3.11. The first-order valence-corrected chi connectivity index (χ1v) is 9.45. The van der Waals surface area contributed by atoms with Gasteiger partial charge >= 0.3 is 6.18 Å². The lowest BCUT2D eigenvalue weighted by Crippen LogP contribution is -2.44. The molecular weight excluding hydrogens is 429 g/mol. The van der Waals surface area contributed by atoms with Crippen molar-refractivity contribution in [3.8, 4) is 6.07 Å². The SMILES string of the molecule is Cn1ncc2cc(N3C(=S)N(c4ccc(C#N)c(C(F)(F)F)c4)C(=O)C3(C)C)cnc21. The van der Waals surface area contributed by atoms with Gasteiger partial charge in [0.25, 0.3) is 5.91 Å². The second kappa shape index (κ2) is 6.75. The molecule has 0 aliphatic carbocycles. The van der Waals surface area contributed by atoms with Gasteiger partial charge in [-0.25, -0.2) is 4.98 Å². The quantitative estimate of drug-likeness (QED) is 0.560. The van der Waals surface area contributed by atoms with Gasteiger partial charge in [-0.05, 0) is 50.3 Å². The van der Waals surface area contributed by atoms with E-state index in [9.17, 15) is 18.0 Å². The minimum absolute atomic E-state index is 0.0119. The van der Waals surface area contributed by atoms with Crippen LogP contribution in [0.5, 0.6) is 0 Å². The number of nitriles is 1. The van der Waals surface area contributed by atoms with Crippen molar-refractivity contribution < 1.29 is 18.0 Å². The maximum Gasteiger partial charge on any atom is 0.417 e. The second-order valence-electron chi connectivity index (χ2n) is 7.53. The van der Waals surface area contributed by atoms with E-state index >= 15 is 0 Å². The molecule has 0 radical (unpaired) electrons. The van der Waals surface area contributed by atoms with Crippen LogP contribution in [0.3, 0.4) is 0 Å². The van der Waals surface area contributed by atoms with Gasteiger partial charge in [0.05, 0.1) is 41.0 Å². The molecule has 31 heavy (non-hydrogen) atoms. The minimum atomic E-state index is -4.75. The van der Waals surface area contributed by atoms with Gasteiger partial charge in [-0.2, -0.15) is 23.5 Å². The van der Waals surface area contributed by atoms with Crippen molar-refractivity contribution in [1.82, 2.24) is 14.8 Å². The Balaban J connectivity index is 1.82. The molecule has 1 saturated heterocycles. The number of hydrogen-bond acceptors (Lipinski definition) is 5. The maximum absolute atomic E-state index is 13.4. The highest BCUT2D eigenvalue weighted by atomic mass is 32.1. The number of pyridine rings is 1. The zero-order chi connectivity index (χ0) is 22.7. The second-order valence-corrected chi connectivity index (χ2v) is 7.90. The van der Waals surface area contributed by atoms with Crippen molar-refractivity contribution in [1.29, 1.82) is 5.26 Å². The van der Waals surface area contributed by atoms with Crippen LogP contribution in [0.1, 0.15) is 25.0 Å². The third-order valence-electron chi connectivity index (χ3n) is 5.17. The van der Waals surface area contributed by atoms with E-state index in [4.69, 9.17) is 17.5 Å². The number of aromatic nitrogens is 3. The van der Waals surface area contributed by atoms with Crippen LogP contribution >= 0.6 is 12.2 Å². The first kappa shape index (κ1) is 20.7. The number of halogens is 3. The van der Waals surface area contributed by atoms with Crippen molar-refractivity contribution >= 4 is 45.6 Å². The van der Waals surface area contributed by atoms with Crippen molar-refractivity contribution in [2.75, 3.05) is 9.80 Å². The molecule has 2 aromatic heterocycles. The fourth-order valence-electron chi connectivity index (χ4n) is 3.61. The number of fused-ring (bicyclic) bond motifs is 1. The number of thiocarbonyl (C=S) groups is 1. The molecule has 0 unspecified atom stereocenters. The monoisotopic (exact) mass is 444 g/mol. The minimum Gasteiger partial charge on any atom is -0.302 e. The molecule has 1 fully saturated rings. The molecule has 158 valence electrons. The van der Waals surface area contributed by atoms with Gasteiger partial charge in [0.2, 0.25) is 0 Å². The average molecular weight is 444 g/mol. The number of carbonyl (C=O) groups excluding carboxylic acids is 1. The maximum atomic E-state index is 13.4. The number of aryl methyl sites for hydroxylation is 1. The molecule has 1 aromatic carbocycles. The Morgan fingerprint density at radius 3 is 2.52 bits per heavy atom. The van der Waals surface area contributed by atoms with Crippen molar-refractivity contribution in [2.24, 2.45) is 7.05 Å². The Hall–Kier alpha value is -3.52. The van der Waals surface area contributed by atoms with Gasteiger partial charge < -0.3 is 4.90 Å². The molecular formula is C20H15F3N6OS. The van der Waals surface area contributed by atoms with Crippen LogP contribution in [0.25, 0.3) is 11.0 Å². The summed E-state index contributed by atoms with van der Waals surface area (Å²) in [5.74, 6) is -0.499. The number of anilines is 2. The fraction of sp³-hybridized carbons (Fsp3) is 0.250. The van der Waals surface area contributed by atoms with E-state index < -0.39 is 28.7 Å². The average Bonchev–Trinajstić information content (AvgIpc) is 3.15. The number of amides is 1. The molecule has 1 aliphatic heterocycles. The van der Waals surface area contributed by atoms with Crippen LogP contribution in [0.4, 0.5) is 24.5 Å². The van der Waals surface area contributed by atoms with Crippen molar-refractivity contribution in [3.63, 3.8) is 0 Å². The molecule has 3 heterocycles. The molecule has 3 aromatic rings. The normalized spacial score (nSPS) is 16.3. The van der Waals surface area contributed by atoms with Crippen LogP contribution < -0.4 is 9.80 Å². The molecule has 0 atom stereocenters. The van der Waals surface area contributed by atoms with Gasteiger partial charge in [0.1, 0.15) is 5.54 Å². The summed E-state index contributed by atoms with van der Waals surface area (Å²) in [4.78, 5) is 20.2. The van der Waals surface area contributed by atoms with E-state index in [2.05, 4.69) is 10.1 Å². The predicted molar refractivity (Wildman–Crippen MR) is 111 cm³/mol. The molecule has 1 aliphatic rings. The summed E-state index contributed by atoms with van der Waals surface area (Å²) in [5.41, 5.74) is -1.75. The Labute approximate surface area is 180 Å². The zero-order valence-corrected chi connectivity index (χ0v) is 17.4. The van der Waals surface area contributed by atoms with Crippen molar-refractivity contribution in [3.05, 3.63) is 47.8 Å². The van der Waals surface area contributed by atoms with Crippen LogP contribution in [0, 0.1) is 11.3 Å². The van der Waals surface area contributed by atoms with E-state index in [0.29, 0.717) is 11.3 Å². The summed E-state index contributed by atoms with van der Waals surface area (Å²) in [6.07, 6.45) is -1.60. The van der Waals surface area contributed by atoms with Gasteiger partial charge in [-0.15, -0.1) is 0 Å². The summed E-state index contributed by atoms with van der Waals surface area (Å²) in [5, 5.41) is 13.9. The van der Waals surface area contributed by atoms with Crippen LogP contribution in [0.2, 0.25) is 0 Å². The largest absolute Gasteiger partial charge is 0.417 e.